The summed E-state index contributed by atoms with van der Waals surface area (Å²) < 4.78 is 58.2. The van der Waals surface area contributed by atoms with Crippen molar-refractivity contribution in [2.75, 3.05) is 32.1 Å². The molecule has 1 saturated heterocycles. The quantitative estimate of drug-likeness (QED) is 0.414. The zero-order chi connectivity index (χ0) is 26.4. The highest BCUT2D eigenvalue weighted by Crippen LogP contribution is 2.32. The minimum absolute atomic E-state index is 0.0256. The second kappa shape index (κ2) is 11.7. The minimum atomic E-state index is -4.88. The van der Waals surface area contributed by atoms with Crippen LogP contribution in [0, 0.1) is 0 Å². The third-order valence-corrected chi connectivity index (χ3v) is 6.00. The predicted octanol–water partition coefficient (Wildman–Crippen LogP) is 3.19. The number of methoxy groups -OCH3 is 1. The van der Waals surface area contributed by atoms with E-state index in [1.807, 2.05) is 0 Å². The van der Waals surface area contributed by atoms with E-state index < -0.39 is 29.0 Å². The van der Waals surface area contributed by atoms with Crippen LogP contribution in [0.1, 0.15) is 48.5 Å². The molecule has 0 amide bonds. The summed E-state index contributed by atoms with van der Waals surface area (Å²) >= 11 is 0. The summed E-state index contributed by atoms with van der Waals surface area (Å²) in [5.74, 6) is 1.78. The van der Waals surface area contributed by atoms with Crippen molar-refractivity contribution in [2.45, 2.75) is 51.1 Å². The number of hydrogen-bond donors (Lipinski definition) is 2. The Morgan fingerprint density at radius 2 is 1.97 bits per heavy atom. The fourth-order valence-corrected chi connectivity index (χ4v) is 4.09. The number of nitrogens with one attached hydrogen (secondary N) is 2. The van der Waals surface area contributed by atoms with Gasteiger partial charge >= 0.3 is 6.18 Å². The molecule has 2 N–H and O–H groups in total. The van der Waals surface area contributed by atoms with Gasteiger partial charge in [0.05, 0.1) is 32.1 Å². The van der Waals surface area contributed by atoms with E-state index in [0.717, 1.165) is 36.8 Å². The number of halogens is 3. The lowest BCUT2D eigenvalue weighted by molar-refractivity contribution is -0.138. The highest BCUT2D eigenvalue weighted by Gasteiger charge is 2.38. The molecule has 1 aromatic carbocycles. The van der Waals surface area contributed by atoms with E-state index in [2.05, 4.69) is 25.9 Å². The molecule has 0 saturated carbocycles. The standard InChI is InChI=1S/C24H29F3N6O4/c1-15(13-36-14-20-31-22(32-37-20)17-7-9-28-10-8-17)30-19-11-29-33(23(34)21(19)24(25,26)27)12-16-3-5-18(35-2)6-4-16/h3-6,11,15,17,28,30H,7-10,12-14H2,1-2H3/t15-/m0/s1. The molecule has 1 fully saturated rings. The van der Waals surface area contributed by atoms with Crippen LogP contribution in [0.3, 0.4) is 0 Å². The van der Waals surface area contributed by atoms with E-state index in [4.69, 9.17) is 14.0 Å². The van der Waals surface area contributed by atoms with Gasteiger partial charge in [-0.05, 0) is 50.6 Å². The molecule has 0 spiro atoms. The number of benzene rings is 1. The largest absolute Gasteiger partial charge is 0.497 e. The average Bonchev–Trinajstić information content (AvgIpc) is 3.35. The molecule has 0 bridgehead atoms. The van der Waals surface area contributed by atoms with E-state index in [1.54, 1.807) is 31.2 Å². The number of anilines is 1. The van der Waals surface area contributed by atoms with Gasteiger partial charge in [0.1, 0.15) is 17.9 Å². The van der Waals surface area contributed by atoms with Crippen molar-refractivity contribution in [3.63, 3.8) is 0 Å². The lowest BCUT2D eigenvalue weighted by Crippen LogP contribution is -2.34. The number of alkyl halides is 3. The number of aromatic nitrogens is 4. The lowest BCUT2D eigenvalue weighted by atomic mass is 9.98. The molecule has 0 unspecified atom stereocenters. The molecule has 3 aromatic rings. The Morgan fingerprint density at radius 3 is 2.65 bits per heavy atom. The van der Waals surface area contributed by atoms with Gasteiger partial charge in [-0.15, -0.1) is 0 Å². The Hall–Kier alpha value is -3.45. The zero-order valence-corrected chi connectivity index (χ0v) is 20.5. The van der Waals surface area contributed by atoms with Gasteiger partial charge in [0.2, 0.25) is 0 Å². The predicted molar refractivity (Wildman–Crippen MR) is 127 cm³/mol. The van der Waals surface area contributed by atoms with Crippen LogP contribution in [0.4, 0.5) is 18.9 Å². The van der Waals surface area contributed by atoms with Gasteiger partial charge in [0.25, 0.3) is 11.4 Å². The summed E-state index contributed by atoms with van der Waals surface area (Å²) in [6, 6.07) is 6.07. The number of rotatable bonds is 10. The van der Waals surface area contributed by atoms with Gasteiger partial charge in [-0.1, -0.05) is 17.3 Å². The Balaban J connectivity index is 1.38. The van der Waals surface area contributed by atoms with E-state index in [0.29, 0.717) is 23.0 Å². The van der Waals surface area contributed by atoms with E-state index in [1.165, 1.54) is 7.11 Å². The first-order valence-electron chi connectivity index (χ1n) is 11.9. The average molecular weight is 523 g/mol. The zero-order valence-electron chi connectivity index (χ0n) is 20.5. The first-order chi connectivity index (χ1) is 17.7. The van der Waals surface area contributed by atoms with Crippen LogP contribution in [-0.4, -0.2) is 52.8 Å². The molecule has 10 nitrogen and oxygen atoms in total. The van der Waals surface area contributed by atoms with Crippen LogP contribution in [0.25, 0.3) is 0 Å². The molecular formula is C24H29F3N6O4. The second-order valence-corrected chi connectivity index (χ2v) is 8.87. The van der Waals surface area contributed by atoms with Crippen molar-refractivity contribution < 1.29 is 27.2 Å². The maximum Gasteiger partial charge on any atom is 0.423 e. The molecule has 1 aliphatic heterocycles. The van der Waals surface area contributed by atoms with Crippen molar-refractivity contribution in [1.29, 1.82) is 0 Å². The van der Waals surface area contributed by atoms with Gasteiger partial charge in [0, 0.05) is 12.0 Å². The van der Waals surface area contributed by atoms with Crippen molar-refractivity contribution >= 4 is 5.69 Å². The van der Waals surface area contributed by atoms with Crippen molar-refractivity contribution in [2.24, 2.45) is 0 Å². The summed E-state index contributed by atoms with van der Waals surface area (Å²) in [7, 11) is 1.51. The van der Waals surface area contributed by atoms with Crippen molar-refractivity contribution in [3.05, 3.63) is 63.7 Å². The van der Waals surface area contributed by atoms with Crippen LogP contribution < -0.4 is 20.9 Å². The van der Waals surface area contributed by atoms with Gasteiger partial charge < -0.3 is 24.6 Å². The van der Waals surface area contributed by atoms with Crippen molar-refractivity contribution in [3.8, 4) is 5.75 Å². The maximum atomic E-state index is 13.8. The summed E-state index contributed by atoms with van der Waals surface area (Å²) in [4.78, 5) is 17.1. The molecule has 2 aromatic heterocycles. The second-order valence-electron chi connectivity index (χ2n) is 8.87. The molecule has 1 atom stereocenters. The molecule has 200 valence electrons. The van der Waals surface area contributed by atoms with Crippen LogP contribution >= 0.6 is 0 Å². The summed E-state index contributed by atoms with van der Waals surface area (Å²) in [6.07, 6.45) is -2.02. The first kappa shape index (κ1) is 26.6. The van der Waals surface area contributed by atoms with E-state index in [9.17, 15) is 18.0 Å². The Labute approximate surface area is 211 Å². The first-order valence-corrected chi connectivity index (χ1v) is 11.9. The fourth-order valence-electron chi connectivity index (χ4n) is 4.09. The van der Waals surface area contributed by atoms with E-state index in [-0.39, 0.29) is 25.7 Å². The highest BCUT2D eigenvalue weighted by atomic mass is 19.4. The van der Waals surface area contributed by atoms with Crippen LogP contribution in [-0.2, 0) is 24.1 Å². The Bertz CT molecular complexity index is 1220. The number of piperidine rings is 1. The number of ether oxygens (including phenoxy) is 2. The molecule has 3 heterocycles. The Morgan fingerprint density at radius 1 is 1.24 bits per heavy atom. The summed E-state index contributed by atoms with van der Waals surface area (Å²) in [5.41, 5.74) is -2.36. The third kappa shape index (κ3) is 6.86. The van der Waals surface area contributed by atoms with Gasteiger partial charge in [-0.3, -0.25) is 4.79 Å². The smallest absolute Gasteiger partial charge is 0.423 e. The van der Waals surface area contributed by atoms with Gasteiger partial charge in [-0.25, -0.2) is 4.68 Å². The third-order valence-electron chi connectivity index (χ3n) is 6.00. The van der Waals surface area contributed by atoms with E-state index >= 15 is 0 Å². The lowest BCUT2D eigenvalue weighted by Gasteiger charge is -2.19. The monoisotopic (exact) mass is 522 g/mol. The molecular weight excluding hydrogens is 493 g/mol. The normalized spacial score (nSPS) is 15.5. The van der Waals surface area contributed by atoms with Crippen LogP contribution in [0.15, 0.2) is 39.8 Å². The number of hydrogen-bond acceptors (Lipinski definition) is 9. The molecule has 37 heavy (non-hydrogen) atoms. The molecule has 0 aliphatic carbocycles. The van der Waals surface area contributed by atoms with Crippen molar-refractivity contribution in [1.82, 2.24) is 25.2 Å². The summed E-state index contributed by atoms with van der Waals surface area (Å²) in [6.45, 7) is 3.38. The molecule has 13 heteroatoms. The minimum Gasteiger partial charge on any atom is -0.497 e. The van der Waals surface area contributed by atoms with Crippen LogP contribution in [0.5, 0.6) is 5.75 Å². The molecule has 0 radical (unpaired) electrons. The van der Waals surface area contributed by atoms with Gasteiger partial charge in [-0.2, -0.15) is 23.3 Å². The van der Waals surface area contributed by atoms with Gasteiger partial charge in [0.15, 0.2) is 5.82 Å². The Kier molecular flexibility index (Phi) is 8.44. The SMILES string of the molecule is COc1ccc(Cn2ncc(N[C@@H](C)COCc3nc(C4CCNCC4)no3)c(C(F)(F)F)c2=O)cc1. The molecule has 4 rings (SSSR count). The topological polar surface area (TPSA) is 116 Å². The highest BCUT2D eigenvalue weighted by molar-refractivity contribution is 5.50. The number of nitrogens with zero attached hydrogens (tertiary/aromatic N) is 4. The maximum absolute atomic E-state index is 13.8. The fraction of sp³-hybridized carbons (Fsp3) is 0.500. The molecule has 1 aliphatic rings. The van der Waals surface area contributed by atoms with Crippen LogP contribution in [0.2, 0.25) is 0 Å². The summed E-state index contributed by atoms with van der Waals surface area (Å²) in [5, 5.41) is 13.9.